The van der Waals surface area contributed by atoms with E-state index >= 15 is 0 Å². The summed E-state index contributed by atoms with van der Waals surface area (Å²) in [6.45, 7) is 0.868. The van der Waals surface area contributed by atoms with Crippen molar-refractivity contribution in [3.05, 3.63) is 40.6 Å². The molecule has 3 heterocycles. The van der Waals surface area contributed by atoms with Gasteiger partial charge in [0.1, 0.15) is 65.2 Å². The molecule has 2 saturated heterocycles. The highest BCUT2D eigenvalue weighted by molar-refractivity contribution is 5.88. The van der Waals surface area contributed by atoms with Crippen LogP contribution in [-0.4, -0.2) is 123 Å². The maximum Gasteiger partial charge on any atom is 0.239 e. The molecule has 246 valence electrons. The summed E-state index contributed by atoms with van der Waals surface area (Å²) in [6.07, 6.45) is -15.9. The Bertz CT molecular complexity index is 1570. The average Bonchev–Trinajstić information content (AvgIpc) is 3.02. The Kier molecular flexibility index (Phi) is 9.41. The SMILES string of the molecule is COc1cc(O)c2c(=O)c(O[C@@H]3O[C@@H](CO[C@@H]4O[C@@H](C)[C@H](O)[C@H](O)[C@H]4O)[C@H](O)[C@H](O)[C@@H]3O)c(-c3ccc(O)c(OC)c3)oc2c1. The number of aromatic hydroxyl groups is 2. The highest BCUT2D eigenvalue weighted by Gasteiger charge is 2.47. The second-order valence-electron chi connectivity index (χ2n) is 10.6. The van der Waals surface area contributed by atoms with Crippen molar-refractivity contribution >= 4 is 11.0 Å². The Morgan fingerprint density at radius 2 is 1.47 bits per heavy atom. The zero-order valence-corrected chi connectivity index (χ0v) is 24.2. The number of hydrogen-bond acceptors (Lipinski definition) is 16. The molecule has 5 rings (SSSR count). The second kappa shape index (κ2) is 13.0. The maximum atomic E-state index is 13.8. The summed E-state index contributed by atoms with van der Waals surface area (Å²) in [6, 6.07) is 6.50. The minimum atomic E-state index is -1.92. The van der Waals surface area contributed by atoms with Crippen molar-refractivity contribution in [2.24, 2.45) is 0 Å². The topological polar surface area (TPSA) is 247 Å². The lowest BCUT2D eigenvalue weighted by molar-refractivity contribution is -0.318. The first-order chi connectivity index (χ1) is 21.4. The Balaban J connectivity index is 1.50. The number of methoxy groups -OCH3 is 2. The van der Waals surface area contributed by atoms with Crippen LogP contribution in [0.5, 0.6) is 28.7 Å². The van der Waals surface area contributed by atoms with E-state index in [-0.39, 0.29) is 39.5 Å². The summed E-state index contributed by atoms with van der Waals surface area (Å²) in [4.78, 5) is 13.8. The van der Waals surface area contributed by atoms with Crippen LogP contribution in [0.2, 0.25) is 0 Å². The molecule has 16 nitrogen and oxygen atoms in total. The lowest BCUT2D eigenvalue weighted by Gasteiger charge is -2.42. The molecule has 8 N–H and O–H groups in total. The van der Waals surface area contributed by atoms with Gasteiger partial charge in [-0.1, -0.05) is 0 Å². The summed E-state index contributed by atoms with van der Waals surface area (Å²) in [5, 5.41) is 82.6. The fraction of sp³-hybridized carbons (Fsp3) is 0.483. The van der Waals surface area contributed by atoms with Crippen LogP contribution < -0.4 is 19.6 Å². The van der Waals surface area contributed by atoms with Crippen LogP contribution in [0.25, 0.3) is 22.3 Å². The monoisotopic (exact) mass is 638 g/mol. The number of ether oxygens (including phenoxy) is 6. The summed E-state index contributed by atoms with van der Waals surface area (Å²) in [7, 11) is 2.65. The van der Waals surface area contributed by atoms with Gasteiger partial charge in [0.05, 0.1) is 26.9 Å². The fourth-order valence-electron chi connectivity index (χ4n) is 5.10. The van der Waals surface area contributed by atoms with Crippen molar-refractivity contribution in [3.63, 3.8) is 0 Å². The highest BCUT2D eigenvalue weighted by Crippen LogP contribution is 2.40. The molecule has 0 aliphatic carbocycles. The zero-order valence-electron chi connectivity index (χ0n) is 24.2. The lowest BCUT2D eigenvalue weighted by atomic mass is 9.98. The van der Waals surface area contributed by atoms with Crippen LogP contribution in [0.1, 0.15) is 6.92 Å². The van der Waals surface area contributed by atoms with Crippen molar-refractivity contribution in [2.75, 3.05) is 20.8 Å². The molecule has 0 bridgehead atoms. The fourth-order valence-corrected chi connectivity index (χ4v) is 5.10. The van der Waals surface area contributed by atoms with E-state index < -0.39 is 84.9 Å². The predicted octanol–water partition coefficient (Wildman–Crippen LogP) is -1.08. The Morgan fingerprint density at radius 1 is 0.778 bits per heavy atom. The van der Waals surface area contributed by atoms with E-state index in [9.17, 15) is 45.6 Å². The predicted molar refractivity (Wildman–Crippen MR) is 150 cm³/mol. The Morgan fingerprint density at radius 3 is 2.16 bits per heavy atom. The van der Waals surface area contributed by atoms with E-state index in [4.69, 9.17) is 32.8 Å². The van der Waals surface area contributed by atoms with Gasteiger partial charge in [-0.25, -0.2) is 0 Å². The minimum absolute atomic E-state index is 0.0125. The van der Waals surface area contributed by atoms with Gasteiger partial charge in [-0.15, -0.1) is 0 Å². The Hall–Kier alpha value is -3.71. The number of aliphatic hydroxyl groups is 6. The molecule has 3 aromatic rings. The molecule has 2 aliphatic heterocycles. The first-order valence-corrected chi connectivity index (χ1v) is 13.8. The van der Waals surface area contributed by atoms with Gasteiger partial charge in [-0.2, -0.15) is 0 Å². The third-order valence-electron chi connectivity index (χ3n) is 7.72. The van der Waals surface area contributed by atoms with E-state index in [0.29, 0.717) is 0 Å². The van der Waals surface area contributed by atoms with Crippen LogP contribution in [-0.2, 0) is 14.2 Å². The number of hydrogen-bond donors (Lipinski definition) is 8. The maximum absolute atomic E-state index is 13.8. The molecule has 1 aromatic heterocycles. The standard InChI is InChI=1S/C29H34O16/c1-10-19(32)22(35)24(37)28(42-10)41-9-17-20(33)23(36)25(38)29(44-17)45-27-21(34)18-14(31)7-12(39-2)8-16(18)43-26(27)11-4-5-13(30)15(6-11)40-3/h4-8,10,17,19-20,22-25,28-33,35-38H,9H2,1-3H3/t10-,17-,19-,20-,22-,23-,24+,25-,28+,29-/m0/s1. The first-order valence-electron chi connectivity index (χ1n) is 13.8. The van der Waals surface area contributed by atoms with Crippen LogP contribution in [0.15, 0.2) is 39.5 Å². The molecular formula is C29H34O16. The molecule has 2 aliphatic rings. The van der Waals surface area contributed by atoms with E-state index in [1.54, 1.807) is 0 Å². The average molecular weight is 639 g/mol. The second-order valence-corrected chi connectivity index (χ2v) is 10.6. The number of rotatable bonds is 8. The smallest absolute Gasteiger partial charge is 0.239 e. The van der Waals surface area contributed by atoms with Gasteiger partial charge < -0.3 is 73.7 Å². The summed E-state index contributed by atoms with van der Waals surface area (Å²) in [5.41, 5.74) is -0.862. The lowest BCUT2D eigenvalue weighted by Crippen LogP contribution is -2.61. The number of aliphatic hydroxyl groups excluding tert-OH is 6. The van der Waals surface area contributed by atoms with Crippen molar-refractivity contribution < 1.29 is 73.7 Å². The number of phenols is 2. The molecular weight excluding hydrogens is 604 g/mol. The van der Waals surface area contributed by atoms with Crippen LogP contribution in [0.4, 0.5) is 0 Å². The van der Waals surface area contributed by atoms with E-state index in [2.05, 4.69) is 0 Å². The van der Waals surface area contributed by atoms with Crippen LogP contribution in [0, 0.1) is 0 Å². The summed E-state index contributed by atoms with van der Waals surface area (Å²) in [5.74, 6) is -1.39. The third-order valence-corrected chi connectivity index (χ3v) is 7.72. The molecule has 0 amide bonds. The van der Waals surface area contributed by atoms with Gasteiger partial charge in [0, 0.05) is 17.7 Å². The summed E-state index contributed by atoms with van der Waals surface area (Å²) < 4.78 is 38.7. The molecule has 10 atom stereocenters. The minimum Gasteiger partial charge on any atom is -0.507 e. The van der Waals surface area contributed by atoms with Gasteiger partial charge in [0.2, 0.25) is 17.5 Å². The van der Waals surface area contributed by atoms with Gasteiger partial charge in [0.15, 0.2) is 23.5 Å². The van der Waals surface area contributed by atoms with Gasteiger partial charge in [-0.3, -0.25) is 4.79 Å². The van der Waals surface area contributed by atoms with Gasteiger partial charge in [0.25, 0.3) is 0 Å². The normalized spacial score (nSPS) is 31.9. The molecule has 0 saturated carbocycles. The number of benzene rings is 2. The van der Waals surface area contributed by atoms with Crippen molar-refractivity contribution in [3.8, 4) is 40.1 Å². The summed E-state index contributed by atoms with van der Waals surface area (Å²) >= 11 is 0. The zero-order chi connectivity index (χ0) is 32.7. The molecule has 16 heteroatoms. The van der Waals surface area contributed by atoms with Gasteiger partial charge in [-0.05, 0) is 25.1 Å². The molecule has 2 fully saturated rings. The van der Waals surface area contributed by atoms with Crippen LogP contribution in [0.3, 0.4) is 0 Å². The molecule has 0 radical (unpaired) electrons. The molecule has 45 heavy (non-hydrogen) atoms. The molecule has 0 spiro atoms. The van der Waals surface area contributed by atoms with Crippen LogP contribution >= 0.6 is 0 Å². The van der Waals surface area contributed by atoms with E-state index in [1.807, 2.05) is 0 Å². The first kappa shape index (κ1) is 32.7. The third kappa shape index (κ3) is 6.11. The van der Waals surface area contributed by atoms with Crippen molar-refractivity contribution in [1.29, 1.82) is 0 Å². The molecule has 2 aromatic carbocycles. The van der Waals surface area contributed by atoms with E-state index in [0.717, 1.165) is 0 Å². The number of phenolic OH excluding ortho intramolecular Hbond substituents is 2. The highest BCUT2D eigenvalue weighted by atomic mass is 16.7. The largest absolute Gasteiger partial charge is 0.507 e. The van der Waals surface area contributed by atoms with E-state index in [1.165, 1.54) is 51.5 Å². The molecule has 0 unspecified atom stereocenters. The van der Waals surface area contributed by atoms with Crippen molar-refractivity contribution in [1.82, 2.24) is 0 Å². The van der Waals surface area contributed by atoms with Crippen molar-refractivity contribution in [2.45, 2.75) is 68.3 Å². The quantitative estimate of drug-likeness (QED) is 0.146. The Labute approximate surface area is 254 Å². The number of fused-ring (bicyclic) bond motifs is 1. The van der Waals surface area contributed by atoms with Gasteiger partial charge >= 0.3 is 0 Å².